The molecule has 35 heavy (non-hydrogen) atoms. The molecular weight excluding hydrogens is 468 g/mol. The zero-order chi connectivity index (χ0) is 24.0. The van der Waals surface area contributed by atoms with Crippen molar-refractivity contribution < 1.29 is 17.9 Å². The first kappa shape index (κ1) is 21.6. The Morgan fingerprint density at radius 2 is 1.74 bits per heavy atom. The molecule has 0 amide bonds. The minimum atomic E-state index is -4.06. The highest BCUT2D eigenvalue weighted by atomic mass is 32.2. The molecule has 0 bridgehead atoms. The van der Waals surface area contributed by atoms with Crippen LogP contribution in [0.3, 0.4) is 0 Å². The fourth-order valence-corrected chi connectivity index (χ4v) is 5.59. The van der Waals surface area contributed by atoms with Gasteiger partial charge in [-0.05, 0) is 35.9 Å². The Labute approximate surface area is 201 Å². The van der Waals surface area contributed by atoms with Gasteiger partial charge in [0.1, 0.15) is 22.4 Å². The fourth-order valence-electron chi connectivity index (χ4n) is 4.26. The lowest BCUT2D eigenvalue weighted by atomic mass is 10.1. The minimum Gasteiger partial charge on any atom is -0.495 e. The van der Waals surface area contributed by atoms with E-state index in [1.165, 1.54) is 23.9 Å². The summed E-state index contributed by atoms with van der Waals surface area (Å²) in [5.74, 6) is 0.516. The lowest BCUT2D eigenvalue weighted by Crippen LogP contribution is -2.36. The Bertz CT molecular complexity index is 1640. The first-order valence-corrected chi connectivity index (χ1v) is 12.5. The van der Waals surface area contributed by atoms with Crippen LogP contribution in [0.25, 0.3) is 27.8 Å². The van der Waals surface area contributed by atoms with E-state index in [1.54, 1.807) is 30.6 Å². The normalized spacial score (nSPS) is 14.6. The van der Waals surface area contributed by atoms with E-state index in [9.17, 15) is 8.42 Å². The first-order valence-electron chi connectivity index (χ1n) is 11.1. The highest BCUT2D eigenvalue weighted by Crippen LogP contribution is 2.28. The van der Waals surface area contributed by atoms with Gasteiger partial charge < -0.3 is 14.4 Å². The van der Waals surface area contributed by atoms with Crippen molar-refractivity contribution in [2.45, 2.75) is 5.03 Å². The Morgan fingerprint density at radius 1 is 0.943 bits per heavy atom. The van der Waals surface area contributed by atoms with Gasteiger partial charge in [0.25, 0.3) is 0 Å². The van der Waals surface area contributed by atoms with Crippen LogP contribution in [0.1, 0.15) is 0 Å². The molecule has 0 spiro atoms. The van der Waals surface area contributed by atoms with Crippen LogP contribution >= 0.6 is 0 Å². The SMILES string of the molecule is COc1ccc2ncc(S(=O)(=O)n3ncc4ncc(-c5ccc(N6CCOCC6)cc5)cc43)n2c1. The number of hydrogen-bond donors (Lipinski definition) is 0. The maximum Gasteiger partial charge on any atom is 0.301 e. The molecule has 4 aromatic heterocycles. The van der Waals surface area contributed by atoms with E-state index in [1.807, 2.05) is 12.1 Å². The van der Waals surface area contributed by atoms with Crippen LogP contribution in [0, 0.1) is 0 Å². The van der Waals surface area contributed by atoms with Crippen molar-refractivity contribution in [2.75, 3.05) is 38.3 Å². The maximum atomic E-state index is 13.6. The average molecular weight is 491 g/mol. The molecule has 178 valence electrons. The number of benzene rings is 1. The molecule has 1 aromatic carbocycles. The highest BCUT2D eigenvalue weighted by Gasteiger charge is 2.25. The van der Waals surface area contributed by atoms with Crippen molar-refractivity contribution in [3.63, 3.8) is 0 Å². The lowest BCUT2D eigenvalue weighted by Gasteiger charge is -2.28. The third-order valence-corrected chi connectivity index (χ3v) is 7.71. The van der Waals surface area contributed by atoms with Crippen LogP contribution in [0.5, 0.6) is 5.75 Å². The number of ether oxygens (including phenoxy) is 2. The van der Waals surface area contributed by atoms with Crippen LogP contribution in [-0.4, -0.2) is 65.4 Å². The average Bonchev–Trinajstić information content (AvgIpc) is 3.53. The number of methoxy groups -OCH3 is 1. The number of rotatable bonds is 5. The van der Waals surface area contributed by atoms with E-state index >= 15 is 0 Å². The summed E-state index contributed by atoms with van der Waals surface area (Å²) in [6, 6.07) is 13.4. The summed E-state index contributed by atoms with van der Waals surface area (Å²) < 4.78 is 40.4. The summed E-state index contributed by atoms with van der Waals surface area (Å²) in [4.78, 5) is 11.0. The monoisotopic (exact) mass is 490 g/mol. The van der Waals surface area contributed by atoms with Gasteiger partial charge in [-0.25, -0.2) is 4.98 Å². The standard InChI is InChI=1S/C24H22N6O4S/c1-33-20-6-7-23-26-15-24(29(23)16-20)35(31,32)30-22-12-18(13-25-21(22)14-27-30)17-2-4-19(5-3-17)28-8-10-34-11-9-28/h2-7,12-16H,8-11H2,1H3. The fraction of sp³-hybridized carbons (Fsp3) is 0.208. The van der Waals surface area contributed by atoms with Gasteiger partial charge in [-0.3, -0.25) is 9.38 Å². The third kappa shape index (κ3) is 3.69. The Balaban J connectivity index is 1.39. The smallest absolute Gasteiger partial charge is 0.301 e. The summed E-state index contributed by atoms with van der Waals surface area (Å²) in [5, 5.41) is 4.14. The predicted molar refractivity (Wildman–Crippen MR) is 130 cm³/mol. The second kappa shape index (κ2) is 8.36. The molecule has 5 heterocycles. The van der Waals surface area contributed by atoms with E-state index in [4.69, 9.17) is 9.47 Å². The summed E-state index contributed by atoms with van der Waals surface area (Å²) in [6.07, 6.45) is 6.08. The molecule has 1 aliphatic rings. The summed E-state index contributed by atoms with van der Waals surface area (Å²) in [6.45, 7) is 3.16. The van der Waals surface area contributed by atoms with Crippen molar-refractivity contribution in [1.29, 1.82) is 0 Å². The molecule has 6 rings (SSSR count). The Morgan fingerprint density at radius 3 is 2.51 bits per heavy atom. The predicted octanol–water partition coefficient (Wildman–Crippen LogP) is 2.83. The van der Waals surface area contributed by atoms with Crippen molar-refractivity contribution in [1.82, 2.24) is 23.6 Å². The Kier molecular flexibility index (Phi) is 5.15. The van der Waals surface area contributed by atoms with Crippen molar-refractivity contribution in [3.8, 4) is 16.9 Å². The van der Waals surface area contributed by atoms with Gasteiger partial charge in [-0.15, -0.1) is 0 Å². The second-order valence-electron chi connectivity index (χ2n) is 8.16. The topological polar surface area (TPSA) is 104 Å². The number of pyridine rings is 2. The second-order valence-corrected chi connectivity index (χ2v) is 9.88. The molecule has 1 aliphatic heterocycles. The molecule has 0 radical (unpaired) electrons. The zero-order valence-electron chi connectivity index (χ0n) is 18.9. The van der Waals surface area contributed by atoms with Crippen LogP contribution in [0.2, 0.25) is 0 Å². The molecule has 10 nitrogen and oxygen atoms in total. The van der Waals surface area contributed by atoms with Gasteiger partial charge in [-0.2, -0.15) is 17.6 Å². The molecule has 0 aliphatic carbocycles. The van der Waals surface area contributed by atoms with Gasteiger partial charge in [0.15, 0.2) is 5.03 Å². The van der Waals surface area contributed by atoms with Crippen molar-refractivity contribution >= 4 is 32.4 Å². The van der Waals surface area contributed by atoms with Crippen molar-refractivity contribution in [2.24, 2.45) is 0 Å². The largest absolute Gasteiger partial charge is 0.495 e. The minimum absolute atomic E-state index is 0.0170. The molecule has 1 saturated heterocycles. The summed E-state index contributed by atoms with van der Waals surface area (Å²) >= 11 is 0. The molecule has 5 aromatic rings. The molecule has 11 heteroatoms. The number of hydrogen-bond acceptors (Lipinski definition) is 8. The number of fused-ring (bicyclic) bond motifs is 2. The van der Waals surface area contributed by atoms with E-state index < -0.39 is 10.0 Å². The number of aromatic nitrogens is 5. The molecular formula is C24H22N6O4S. The third-order valence-electron chi connectivity index (χ3n) is 6.14. The van der Waals surface area contributed by atoms with Crippen molar-refractivity contribution in [3.05, 3.63) is 67.3 Å². The number of nitrogens with zero attached hydrogens (tertiary/aromatic N) is 6. The maximum absolute atomic E-state index is 13.6. The zero-order valence-corrected chi connectivity index (χ0v) is 19.7. The van der Waals surface area contributed by atoms with E-state index in [0.29, 0.717) is 22.4 Å². The van der Waals surface area contributed by atoms with Gasteiger partial charge in [0, 0.05) is 30.5 Å². The number of morpholine rings is 1. The summed E-state index contributed by atoms with van der Waals surface area (Å²) in [7, 11) is -2.54. The Hall–Kier alpha value is -3.96. The molecule has 0 N–H and O–H groups in total. The quantitative estimate of drug-likeness (QED) is 0.371. The lowest BCUT2D eigenvalue weighted by molar-refractivity contribution is 0.122. The van der Waals surface area contributed by atoms with Crippen LogP contribution < -0.4 is 9.64 Å². The number of anilines is 1. The van der Waals surface area contributed by atoms with Gasteiger partial charge in [0.2, 0.25) is 0 Å². The van der Waals surface area contributed by atoms with Gasteiger partial charge >= 0.3 is 10.0 Å². The molecule has 0 atom stereocenters. The molecule has 0 saturated carbocycles. The number of imidazole rings is 1. The van der Waals surface area contributed by atoms with Crippen LogP contribution in [-0.2, 0) is 14.8 Å². The molecule has 1 fully saturated rings. The van der Waals surface area contributed by atoms with Gasteiger partial charge in [-0.1, -0.05) is 12.1 Å². The molecule has 0 unspecified atom stereocenters. The van der Waals surface area contributed by atoms with Crippen LogP contribution in [0.15, 0.2) is 72.3 Å². The first-order chi connectivity index (χ1) is 17.0. The van der Waals surface area contributed by atoms with Gasteiger partial charge in [0.05, 0.1) is 38.9 Å². The van der Waals surface area contributed by atoms with Crippen LogP contribution in [0.4, 0.5) is 5.69 Å². The van der Waals surface area contributed by atoms with E-state index in [2.05, 4.69) is 32.1 Å². The summed E-state index contributed by atoms with van der Waals surface area (Å²) in [5.41, 5.74) is 4.21. The van der Waals surface area contributed by atoms with E-state index in [-0.39, 0.29) is 5.03 Å². The van der Waals surface area contributed by atoms with E-state index in [0.717, 1.165) is 47.2 Å². The highest BCUT2D eigenvalue weighted by molar-refractivity contribution is 7.90.